The molecule has 46 heavy (non-hydrogen) atoms. The monoisotopic (exact) mass is 652 g/mol. The van der Waals surface area contributed by atoms with Crippen LogP contribution in [0.1, 0.15) is 28.0 Å². The minimum Gasteiger partial charge on any atom is -0.464 e. The normalized spacial score (nSPS) is 11.2. The molecule has 0 aliphatic rings. The molecule has 6 rings (SSSR count). The predicted molar refractivity (Wildman–Crippen MR) is 154 cm³/mol. The Labute approximate surface area is 258 Å². The molecule has 0 aliphatic heterocycles. The summed E-state index contributed by atoms with van der Waals surface area (Å²) in [7, 11) is -2.31. The zero-order valence-corrected chi connectivity index (χ0v) is 24.9. The van der Waals surface area contributed by atoms with Crippen molar-refractivity contribution in [2.75, 3.05) is 13.4 Å². The second-order valence-electron chi connectivity index (χ2n) is 9.11. The molecule has 238 valence electrons. The van der Waals surface area contributed by atoms with Crippen LogP contribution in [0.5, 0.6) is 0 Å². The molecule has 0 unspecified atom stereocenters. The largest absolute Gasteiger partial charge is 0.464 e. The highest BCUT2D eigenvalue weighted by Crippen LogP contribution is 2.11. The Balaban J connectivity index is 0.000000182. The number of carbonyl (C=O) groups is 3. The lowest BCUT2D eigenvalue weighted by Gasteiger charge is -2.02. The van der Waals surface area contributed by atoms with Gasteiger partial charge in [0.05, 0.1) is 37.5 Å². The van der Waals surface area contributed by atoms with Crippen LogP contribution in [0, 0.1) is 0 Å². The number of hydrogen-bond acceptors (Lipinski definition) is 15. The van der Waals surface area contributed by atoms with Crippen LogP contribution in [0.4, 0.5) is 9.59 Å². The van der Waals surface area contributed by atoms with E-state index < -0.39 is 28.1 Å². The lowest BCUT2D eigenvalue weighted by Crippen LogP contribution is -2.29. The first-order valence-electron chi connectivity index (χ1n) is 13.1. The topological polar surface area (TPSA) is 241 Å². The lowest BCUT2D eigenvalue weighted by molar-refractivity contribution is 0.0594. The molecule has 0 saturated carbocycles. The number of benzene rings is 2. The van der Waals surface area contributed by atoms with Crippen molar-refractivity contribution in [3.8, 4) is 0 Å². The van der Waals surface area contributed by atoms with Crippen LogP contribution < -0.4 is 10.6 Å². The average Bonchev–Trinajstić information content (AvgIpc) is 3.87. The van der Waals surface area contributed by atoms with E-state index >= 15 is 0 Å². The molecule has 0 spiro atoms. The van der Waals surface area contributed by atoms with Crippen molar-refractivity contribution < 1.29 is 40.6 Å². The van der Waals surface area contributed by atoms with Gasteiger partial charge in [-0.05, 0) is 24.3 Å². The number of fused-ring (bicyclic) bond motifs is 2. The van der Waals surface area contributed by atoms with Gasteiger partial charge in [0, 0.05) is 0 Å². The molecule has 6 aromatic rings. The van der Waals surface area contributed by atoms with Gasteiger partial charge in [-0.2, -0.15) is 17.8 Å². The van der Waals surface area contributed by atoms with Gasteiger partial charge in [0.2, 0.25) is 11.8 Å². The molecule has 0 fully saturated rings. The molecule has 2 aromatic carbocycles. The Morgan fingerprint density at radius 3 is 1.87 bits per heavy atom. The fraction of sp³-hybridized carbons (Fsp3) is 0.192. The SMILES string of the molecule is COC(=O)c1coc(CNC(=O)n2nnc3ccccc32)n1.CS(=O)(=O)OCc1coc(CNC(=O)n2nnc3ccccc32)n1. The smallest absolute Gasteiger partial charge is 0.360 e. The van der Waals surface area contributed by atoms with Crippen LogP contribution in [0.25, 0.3) is 22.1 Å². The highest BCUT2D eigenvalue weighted by Gasteiger charge is 2.16. The van der Waals surface area contributed by atoms with Gasteiger partial charge in [-0.1, -0.05) is 34.7 Å². The Morgan fingerprint density at radius 1 is 0.804 bits per heavy atom. The van der Waals surface area contributed by atoms with E-state index in [2.05, 4.69) is 50.1 Å². The number of nitrogens with zero attached hydrogens (tertiary/aromatic N) is 8. The number of para-hydroxylation sites is 2. The summed E-state index contributed by atoms with van der Waals surface area (Å²) >= 11 is 0. The number of methoxy groups -OCH3 is 1. The fourth-order valence-corrected chi connectivity index (χ4v) is 4.08. The van der Waals surface area contributed by atoms with Crippen molar-refractivity contribution in [3.05, 3.63) is 84.2 Å². The molecule has 0 bridgehead atoms. The average molecular weight is 653 g/mol. The highest BCUT2D eigenvalue weighted by molar-refractivity contribution is 7.85. The molecule has 0 saturated heterocycles. The van der Waals surface area contributed by atoms with Crippen molar-refractivity contribution in [1.29, 1.82) is 0 Å². The molecule has 2 N–H and O–H groups in total. The van der Waals surface area contributed by atoms with E-state index in [9.17, 15) is 22.8 Å². The summed E-state index contributed by atoms with van der Waals surface area (Å²) < 4.78 is 43.4. The third-order valence-electron chi connectivity index (χ3n) is 5.84. The fourth-order valence-electron chi connectivity index (χ4n) is 3.74. The predicted octanol–water partition coefficient (Wildman–Crippen LogP) is 1.62. The second kappa shape index (κ2) is 13.7. The van der Waals surface area contributed by atoms with Crippen LogP contribution in [0.15, 0.2) is 69.9 Å². The summed E-state index contributed by atoms with van der Waals surface area (Å²) in [4.78, 5) is 43.4. The van der Waals surface area contributed by atoms with E-state index in [1.807, 2.05) is 0 Å². The Bertz CT molecular complexity index is 2120. The summed E-state index contributed by atoms with van der Waals surface area (Å²) in [6, 6.07) is 13.1. The zero-order chi connectivity index (χ0) is 32.7. The summed E-state index contributed by atoms with van der Waals surface area (Å²) in [6.07, 6.45) is 3.37. The van der Waals surface area contributed by atoms with Gasteiger partial charge in [0.25, 0.3) is 10.1 Å². The number of nitrogens with one attached hydrogen (secondary N) is 2. The molecule has 0 aliphatic carbocycles. The van der Waals surface area contributed by atoms with Crippen LogP contribution in [0.3, 0.4) is 0 Å². The van der Waals surface area contributed by atoms with E-state index in [0.29, 0.717) is 27.8 Å². The van der Waals surface area contributed by atoms with E-state index in [4.69, 9.17) is 8.83 Å². The first-order chi connectivity index (χ1) is 22.1. The van der Waals surface area contributed by atoms with E-state index in [1.54, 1.807) is 48.5 Å². The quantitative estimate of drug-likeness (QED) is 0.175. The third-order valence-corrected chi connectivity index (χ3v) is 6.38. The minimum absolute atomic E-state index is 0.00398. The number of esters is 1. The van der Waals surface area contributed by atoms with Gasteiger partial charge >= 0.3 is 18.0 Å². The maximum absolute atomic E-state index is 12.1. The van der Waals surface area contributed by atoms with E-state index in [0.717, 1.165) is 21.9 Å². The van der Waals surface area contributed by atoms with Crippen LogP contribution in [0.2, 0.25) is 0 Å². The first-order valence-corrected chi connectivity index (χ1v) is 14.9. The van der Waals surface area contributed by atoms with Crippen molar-refractivity contribution in [3.63, 3.8) is 0 Å². The number of hydrogen-bond donors (Lipinski definition) is 2. The molecule has 4 heterocycles. The number of aromatic nitrogens is 8. The molecule has 0 radical (unpaired) electrons. The van der Waals surface area contributed by atoms with Gasteiger partial charge in [-0.3, -0.25) is 4.18 Å². The number of rotatable bonds is 8. The van der Waals surface area contributed by atoms with E-state index in [1.165, 1.54) is 13.4 Å². The van der Waals surface area contributed by atoms with Crippen molar-refractivity contribution in [2.45, 2.75) is 19.7 Å². The Hall–Kier alpha value is -6.02. The number of ether oxygens (including phenoxy) is 1. The molecule has 19 nitrogen and oxygen atoms in total. The van der Waals surface area contributed by atoms with Crippen molar-refractivity contribution >= 4 is 50.2 Å². The van der Waals surface area contributed by atoms with Crippen LogP contribution in [-0.2, 0) is 38.7 Å². The summed E-state index contributed by atoms with van der Waals surface area (Å²) in [6.45, 7) is -0.222. The summed E-state index contributed by atoms with van der Waals surface area (Å²) in [5, 5.41) is 20.5. The minimum atomic E-state index is -3.56. The van der Waals surface area contributed by atoms with E-state index in [-0.39, 0.29) is 37.2 Å². The summed E-state index contributed by atoms with van der Waals surface area (Å²) in [5.41, 5.74) is 2.71. The van der Waals surface area contributed by atoms with Gasteiger partial charge in [-0.25, -0.2) is 24.4 Å². The molecular weight excluding hydrogens is 628 g/mol. The standard InChI is InChI=1S/C13H13N5O5S.C13H11N5O4/c1-24(20,21)23-8-9-7-22-12(15-9)6-14-13(19)18-11-5-3-2-4-10(11)16-17-18;1-21-12(19)9-7-22-11(15-9)6-14-13(20)18-10-5-3-2-4-8(10)16-17-18/h2-5,7H,6,8H2,1H3,(H,14,19);2-5,7H,6H2,1H3,(H,14,20). The molecule has 4 aromatic heterocycles. The van der Waals surface area contributed by atoms with Gasteiger partial charge < -0.3 is 24.2 Å². The third kappa shape index (κ3) is 7.73. The zero-order valence-electron chi connectivity index (χ0n) is 24.1. The van der Waals surface area contributed by atoms with Crippen LogP contribution >= 0.6 is 0 Å². The maximum Gasteiger partial charge on any atom is 0.360 e. The number of oxazole rings is 2. The maximum atomic E-state index is 12.1. The first kappa shape index (κ1) is 31.4. The molecular formula is C26H24N10O9S. The van der Waals surface area contributed by atoms with Crippen LogP contribution in [-0.4, -0.2) is 79.8 Å². The van der Waals surface area contributed by atoms with Gasteiger partial charge in [-0.15, -0.1) is 10.2 Å². The number of amides is 2. The lowest BCUT2D eigenvalue weighted by atomic mass is 10.3. The summed E-state index contributed by atoms with van der Waals surface area (Å²) in [5.74, 6) is -0.221. The molecule has 2 amide bonds. The second-order valence-corrected chi connectivity index (χ2v) is 10.8. The molecule has 20 heteroatoms. The Morgan fingerprint density at radius 2 is 1.33 bits per heavy atom. The number of carbonyl (C=O) groups excluding carboxylic acids is 3. The van der Waals surface area contributed by atoms with Gasteiger partial charge in [0.1, 0.15) is 35.9 Å². The molecule has 0 atom stereocenters. The Kier molecular flexibility index (Phi) is 9.38. The van der Waals surface area contributed by atoms with Crippen molar-refractivity contribution in [1.82, 2.24) is 50.6 Å². The van der Waals surface area contributed by atoms with Gasteiger partial charge in [0.15, 0.2) is 5.69 Å². The highest BCUT2D eigenvalue weighted by atomic mass is 32.2. The van der Waals surface area contributed by atoms with Crippen molar-refractivity contribution in [2.24, 2.45) is 0 Å².